The van der Waals surface area contributed by atoms with Gasteiger partial charge in [-0.1, -0.05) is 13.0 Å². The van der Waals surface area contributed by atoms with E-state index < -0.39 is 40.2 Å². The van der Waals surface area contributed by atoms with E-state index in [4.69, 9.17) is 14.2 Å². The van der Waals surface area contributed by atoms with Gasteiger partial charge >= 0.3 is 5.97 Å². The largest absolute Gasteiger partial charge is 0.461 e. The summed E-state index contributed by atoms with van der Waals surface area (Å²) >= 11 is 0. The smallest absolute Gasteiger partial charge is 0.314 e. The zero-order valence-electron chi connectivity index (χ0n) is 22.4. The van der Waals surface area contributed by atoms with Crippen LogP contribution >= 0.6 is 0 Å². The Bertz CT molecular complexity index is 1010. The number of hydrogen-bond acceptors (Lipinski definition) is 8. The van der Waals surface area contributed by atoms with Gasteiger partial charge in [0.15, 0.2) is 5.78 Å². The van der Waals surface area contributed by atoms with Gasteiger partial charge in [-0.3, -0.25) is 9.59 Å². The number of hydrogen-bond donors (Lipinski definition) is 3. The summed E-state index contributed by atoms with van der Waals surface area (Å²) in [4.78, 5) is 26.2. The normalized spacial score (nSPS) is 56.8. The molecule has 5 fully saturated rings. The topological polar surface area (TPSA) is 123 Å². The lowest BCUT2D eigenvalue weighted by Crippen LogP contribution is -2.71. The molecule has 6 aliphatic rings. The molecule has 0 unspecified atom stereocenters. The van der Waals surface area contributed by atoms with E-state index in [0.29, 0.717) is 25.9 Å². The average molecular weight is 519 g/mol. The maximum atomic E-state index is 13.3. The summed E-state index contributed by atoms with van der Waals surface area (Å²) in [6, 6.07) is 0. The Morgan fingerprint density at radius 3 is 2.43 bits per heavy atom. The summed E-state index contributed by atoms with van der Waals surface area (Å²) < 4.78 is 17.7. The third-order valence-electron chi connectivity index (χ3n) is 12.3. The summed E-state index contributed by atoms with van der Waals surface area (Å²) in [5, 5.41) is 34.7. The monoisotopic (exact) mass is 518 g/mol. The number of aliphatic hydroxyl groups excluding tert-OH is 2. The lowest BCUT2D eigenvalue weighted by molar-refractivity contribution is -0.257. The molecule has 2 bridgehead atoms. The van der Waals surface area contributed by atoms with Crippen molar-refractivity contribution in [2.24, 2.45) is 46.3 Å². The Kier molecular flexibility index (Phi) is 5.84. The molecule has 6 rings (SSSR count). The number of carbonyl (C=O) groups excluding carboxylic acids is 2. The average Bonchev–Trinajstić information content (AvgIpc) is 3.19. The summed E-state index contributed by atoms with van der Waals surface area (Å²) in [6.45, 7) is 6.65. The van der Waals surface area contributed by atoms with E-state index in [9.17, 15) is 24.9 Å². The Morgan fingerprint density at radius 2 is 1.73 bits per heavy atom. The Hall–Kier alpha value is -1.32. The van der Waals surface area contributed by atoms with Crippen molar-refractivity contribution in [3.05, 3.63) is 12.2 Å². The predicted octanol–water partition coefficient (Wildman–Crippen LogP) is 2.03. The van der Waals surface area contributed by atoms with Crippen molar-refractivity contribution in [1.29, 1.82) is 0 Å². The van der Waals surface area contributed by atoms with E-state index in [1.807, 2.05) is 6.92 Å². The van der Waals surface area contributed by atoms with Gasteiger partial charge in [-0.15, -0.1) is 0 Å². The number of methoxy groups -OCH3 is 1. The summed E-state index contributed by atoms with van der Waals surface area (Å²) in [7, 11) is 1.58. The molecule has 3 saturated carbocycles. The maximum Gasteiger partial charge on any atom is 0.314 e. The molecule has 8 heteroatoms. The van der Waals surface area contributed by atoms with Crippen LogP contribution in [0, 0.1) is 46.3 Å². The predicted molar refractivity (Wildman–Crippen MR) is 132 cm³/mol. The van der Waals surface area contributed by atoms with Gasteiger partial charge in [0.1, 0.15) is 17.6 Å². The number of ketones is 1. The number of ether oxygens (including phenoxy) is 3. The van der Waals surface area contributed by atoms with Crippen LogP contribution in [0.2, 0.25) is 0 Å². The molecular weight excluding hydrogens is 476 g/mol. The molecule has 0 spiro atoms. The first kappa shape index (κ1) is 25.9. The van der Waals surface area contributed by atoms with Crippen LogP contribution in [0.15, 0.2) is 12.2 Å². The number of fused-ring (bicyclic) bond motifs is 7. The highest BCUT2D eigenvalue weighted by atomic mass is 16.6. The third-order valence-corrected chi connectivity index (χ3v) is 12.3. The molecule has 8 nitrogen and oxygen atoms in total. The lowest BCUT2D eigenvalue weighted by atomic mass is 9.42. The molecule has 0 radical (unpaired) electrons. The molecule has 2 heterocycles. The van der Waals surface area contributed by atoms with Crippen LogP contribution in [-0.2, 0) is 23.8 Å². The van der Waals surface area contributed by atoms with E-state index in [-0.39, 0.29) is 60.5 Å². The fourth-order valence-corrected chi connectivity index (χ4v) is 10.1. The van der Waals surface area contributed by atoms with Crippen molar-refractivity contribution in [2.75, 3.05) is 20.3 Å². The molecule has 13 atom stereocenters. The summed E-state index contributed by atoms with van der Waals surface area (Å²) in [6.07, 6.45) is 4.70. The van der Waals surface area contributed by atoms with Crippen LogP contribution in [0.1, 0.15) is 59.3 Å². The van der Waals surface area contributed by atoms with Crippen molar-refractivity contribution < 1.29 is 39.1 Å². The van der Waals surface area contributed by atoms with Crippen molar-refractivity contribution >= 4 is 11.8 Å². The molecule has 0 aromatic carbocycles. The number of carbonyl (C=O) groups is 2. The molecule has 2 aliphatic heterocycles. The van der Waals surface area contributed by atoms with E-state index in [1.54, 1.807) is 26.2 Å². The second-order valence-corrected chi connectivity index (χ2v) is 13.5. The highest BCUT2D eigenvalue weighted by Crippen LogP contribution is 2.68. The van der Waals surface area contributed by atoms with Crippen LogP contribution in [0.3, 0.4) is 0 Å². The first-order valence-corrected chi connectivity index (χ1v) is 14.0. The van der Waals surface area contributed by atoms with Gasteiger partial charge < -0.3 is 29.5 Å². The number of esters is 1. The van der Waals surface area contributed by atoms with Crippen molar-refractivity contribution in [3.8, 4) is 0 Å². The number of aliphatic hydroxyl groups is 3. The molecule has 0 aromatic heterocycles. The molecule has 3 N–H and O–H groups in total. The number of allylic oxidation sites excluding steroid dienone is 1. The second-order valence-electron chi connectivity index (χ2n) is 13.5. The molecule has 4 aliphatic carbocycles. The lowest BCUT2D eigenvalue weighted by Gasteiger charge is -2.64. The van der Waals surface area contributed by atoms with E-state index in [2.05, 4.69) is 6.92 Å². The Morgan fingerprint density at radius 1 is 1.03 bits per heavy atom. The molecule has 37 heavy (non-hydrogen) atoms. The summed E-state index contributed by atoms with van der Waals surface area (Å²) in [5.74, 6) is -0.921. The highest BCUT2D eigenvalue weighted by molar-refractivity contribution is 5.97. The maximum absolute atomic E-state index is 13.3. The van der Waals surface area contributed by atoms with Gasteiger partial charge in [-0.05, 0) is 81.1 Å². The SMILES string of the molecule is COC[C@@H]1C(=O)O[C@@H]2C[C@@]1(C)OC[C@H]2[C@H]1CC[C@H]2[C@@H]3C[C@@H](O)[C@@]4(O)CC=CC(=O)[C@]4(C)[C@H]3C[C@@H](O)[C@]12C. The van der Waals surface area contributed by atoms with Crippen LogP contribution < -0.4 is 0 Å². The first-order chi connectivity index (χ1) is 17.4. The van der Waals surface area contributed by atoms with E-state index in [1.165, 1.54) is 0 Å². The molecule has 206 valence electrons. The van der Waals surface area contributed by atoms with Gasteiger partial charge in [-0.2, -0.15) is 0 Å². The standard InChI is InChI=1S/C29H42O8/c1-26-12-21(37-25(33)20(26)14-35-4)16(13-36-26)18-8-7-17-15-10-24(32)29(34)9-5-6-22(30)28(29,3)19(15)11-23(31)27(17,18)2/h5-6,15-21,23-24,31-32,34H,7-14H2,1-4H3/t15-,16-,17-,18+,19-,20+,21+,23+,24+,26+,27-,28-,29-/m0/s1. The minimum absolute atomic E-state index is 0.0175. The van der Waals surface area contributed by atoms with Gasteiger partial charge in [0.2, 0.25) is 0 Å². The van der Waals surface area contributed by atoms with Crippen LogP contribution in [0.4, 0.5) is 0 Å². The second kappa shape index (κ2) is 8.34. The fraction of sp³-hybridized carbons (Fsp3) is 0.862. The first-order valence-electron chi connectivity index (χ1n) is 14.0. The van der Waals surface area contributed by atoms with Crippen molar-refractivity contribution in [2.45, 2.75) is 88.8 Å². The molecule has 0 amide bonds. The van der Waals surface area contributed by atoms with Gasteiger partial charge in [0.05, 0.1) is 36.4 Å². The zero-order valence-corrected chi connectivity index (χ0v) is 22.4. The van der Waals surface area contributed by atoms with Gasteiger partial charge in [-0.25, -0.2) is 0 Å². The van der Waals surface area contributed by atoms with Crippen LogP contribution in [-0.4, -0.2) is 76.9 Å². The Labute approximate surface area is 218 Å². The zero-order chi connectivity index (χ0) is 26.5. The van der Waals surface area contributed by atoms with Gasteiger partial charge in [0, 0.05) is 19.4 Å². The fourth-order valence-electron chi connectivity index (χ4n) is 10.1. The highest BCUT2D eigenvalue weighted by Gasteiger charge is 2.71. The molecule has 0 aromatic rings. The van der Waals surface area contributed by atoms with Crippen LogP contribution in [0.25, 0.3) is 0 Å². The molecular formula is C29H42O8. The molecule has 2 saturated heterocycles. The van der Waals surface area contributed by atoms with Crippen molar-refractivity contribution in [3.63, 3.8) is 0 Å². The van der Waals surface area contributed by atoms with E-state index in [0.717, 1.165) is 12.8 Å². The quantitative estimate of drug-likeness (QED) is 0.485. The minimum atomic E-state index is -1.51. The Balaban J connectivity index is 1.30. The van der Waals surface area contributed by atoms with Crippen LogP contribution in [0.5, 0.6) is 0 Å². The van der Waals surface area contributed by atoms with E-state index >= 15 is 0 Å². The number of rotatable bonds is 3. The third kappa shape index (κ3) is 3.19. The minimum Gasteiger partial charge on any atom is -0.461 e. The van der Waals surface area contributed by atoms with Crippen molar-refractivity contribution in [1.82, 2.24) is 0 Å². The summed E-state index contributed by atoms with van der Waals surface area (Å²) in [5.41, 5.74) is -3.72. The van der Waals surface area contributed by atoms with Gasteiger partial charge in [0.25, 0.3) is 0 Å².